The second-order valence-corrected chi connectivity index (χ2v) is 6.90. The number of nitrogens with one attached hydrogen (secondary N) is 3. The zero-order valence-corrected chi connectivity index (χ0v) is 15.9. The highest BCUT2D eigenvalue weighted by molar-refractivity contribution is 5.97. The van der Waals surface area contributed by atoms with Crippen molar-refractivity contribution in [2.24, 2.45) is 5.92 Å². The third kappa shape index (κ3) is 5.29. The summed E-state index contributed by atoms with van der Waals surface area (Å²) < 4.78 is 0. The van der Waals surface area contributed by atoms with E-state index in [0.29, 0.717) is 23.6 Å². The average Bonchev–Trinajstić information content (AvgIpc) is 3.52. The zero-order valence-electron chi connectivity index (χ0n) is 15.9. The summed E-state index contributed by atoms with van der Waals surface area (Å²) in [6.45, 7) is 0.340. The molecule has 1 aromatic heterocycles. The minimum atomic E-state index is -0.255. The Kier molecular flexibility index (Phi) is 5.88. The lowest BCUT2D eigenvalue weighted by molar-refractivity contribution is -0.117. The van der Waals surface area contributed by atoms with E-state index in [1.165, 1.54) is 11.1 Å². The summed E-state index contributed by atoms with van der Waals surface area (Å²) in [5.74, 6) is 0.149. The number of amides is 4. The Morgan fingerprint density at radius 3 is 2.43 bits per heavy atom. The Hall–Kier alpha value is -3.42. The Morgan fingerprint density at radius 2 is 1.79 bits per heavy atom. The normalized spacial score (nSPS) is 12.8. The van der Waals surface area contributed by atoms with Crippen molar-refractivity contribution in [3.05, 3.63) is 53.7 Å². The van der Waals surface area contributed by atoms with Gasteiger partial charge >= 0.3 is 6.03 Å². The molecule has 3 rings (SSSR count). The monoisotopic (exact) mass is 381 g/mol. The van der Waals surface area contributed by atoms with Crippen LogP contribution < -0.4 is 16.0 Å². The van der Waals surface area contributed by atoms with Gasteiger partial charge in [-0.05, 0) is 42.7 Å². The van der Waals surface area contributed by atoms with E-state index in [2.05, 4.69) is 20.9 Å². The van der Waals surface area contributed by atoms with Crippen LogP contribution in [0.15, 0.2) is 42.6 Å². The van der Waals surface area contributed by atoms with Gasteiger partial charge in [0.25, 0.3) is 5.91 Å². The molecule has 0 unspecified atom stereocenters. The van der Waals surface area contributed by atoms with E-state index in [4.69, 9.17) is 0 Å². The summed E-state index contributed by atoms with van der Waals surface area (Å²) in [6.07, 6.45) is 3.31. The molecule has 0 bridgehead atoms. The number of benzene rings is 1. The van der Waals surface area contributed by atoms with E-state index in [1.807, 2.05) is 12.1 Å². The van der Waals surface area contributed by atoms with Gasteiger partial charge in [-0.3, -0.25) is 9.59 Å². The summed E-state index contributed by atoms with van der Waals surface area (Å²) in [5.41, 5.74) is 2.00. The van der Waals surface area contributed by atoms with Gasteiger partial charge in [0.15, 0.2) is 0 Å². The number of pyridine rings is 1. The highest BCUT2D eigenvalue weighted by Gasteiger charge is 2.29. The fourth-order valence-electron chi connectivity index (χ4n) is 2.44. The van der Waals surface area contributed by atoms with Crippen LogP contribution in [0.25, 0.3) is 0 Å². The van der Waals surface area contributed by atoms with Gasteiger partial charge in [0.05, 0.1) is 0 Å². The first kappa shape index (κ1) is 19.3. The van der Waals surface area contributed by atoms with Crippen LogP contribution in [0.1, 0.15) is 28.8 Å². The molecule has 8 heteroatoms. The second kappa shape index (κ2) is 8.51. The fraction of sp³-hybridized carbons (Fsp3) is 0.300. The summed E-state index contributed by atoms with van der Waals surface area (Å²) in [7, 11) is 3.34. The van der Waals surface area contributed by atoms with Crippen LogP contribution in [0.2, 0.25) is 0 Å². The Balaban J connectivity index is 1.53. The first-order valence-corrected chi connectivity index (χ1v) is 9.05. The van der Waals surface area contributed by atoms with Crippen molar-refractivity contribution in [1.29, 1.82) is 0 Å². The van der Waals surface area contributed by atoms with Crippen LogP contribution in [0.4, 0.5) is 16.3 Å². The molecule has 0 atom stereocenters. The molecule has 1 aliphatic carbocycles. The minimum Gasteiger partial charge on any atom is -0.348 e. The summed E-state index contributed by atoms with van der Waals surface area (Å²) in [5, 5.41) is 8.32. The Bertz CT molecular complexity index is 876. The number of hydrogen-bond acceptors (Lipinski definition) is 4. The molecule has 1 fully saturated rings. The van der Waals surface area contributed by atoms with E-state index >= 15 is 0 Å². The molecular weight excluding hydrogens is 358 g/mol. The van der Waals surface area contributed by atoms with Crippen molar-refractivity contribution in [3.8, 4) is 0 Å². The van der Waals surface area contributed by atoms with Gasteiger partial charge in [0, 0.05) is 44.0 Å². The lowest BCUT2D eigenvalue weighted by atomic mass is 10.2. The third-order valence-corrected chi connectivity index (χ3v) is 4.29. The Labute approximate surface area is 163 Å². The highest BCUT2D eigenvalue weighted by Crippen LogP contribution is 2.29. The third-order valence-electron chi connectivity index (χ3n) is 4.29. The van der Waals surface area contributed by atoms with Crippen molar-refractivity contribution < 1.29 is 14.4 Å². The predicted molar refractivity (Wildman–Crippen MR) is 106 cm³/mol. The number of rotatable bonds is 6. The van der Waals surface area contributed by atoms with E-state index in [-0.39, 0.29) is 23.8 Å². The van der Waals surface area contributed by atoms with Crippen molar-refractivity contribution >= 4 is 29.4 Å². The van der Waals surface area contributed by atoms with Crippen LogP contribution in [-0.4, -0.2) is 41.8 Å². The molecule has 28 heavy (non-hydrogen) atoms. The molecule has 8 nitrogen and oxygen atoms in total. The maximum absolute atomic E-state index is 12.4. The predicted octanol–water partition coefficient (Wildman–Crippen LogP) is 2.45. The first-order valence-electron chi connectivity index (χ1n) is 9.05. The maximum atomic E-state index is 12.4. The van der Waals surface area contributed by atoms with Gasteiger partial charge in [-0.1, -0.05) is 12.1 Å². The standard InChI is InChI=1S/C20H23N5O3/c1-25(2)20(28)23-16-7-3-13(4-8-16)12-22-18(26)15-9-10-21-17(11-15)24-19(27)14-5-6-14/h3-4,7-11,14H,5-6,12H2,1-2H3,(H,22,26)(H,23,28)(H,21,24,27). The minimum absolute atomic E-state index is 0.0495. The molecule has 1 heterocycles. The molecule has 0 aliphatic heterocycles. The molecule has 0 radical (unpaired) electrons. The molecule has 2 aromatic rings. The lowest BCUT2D eigenvalue weighted by Gasteiger charge is -2.12. The van der Waals surface area contributed by atoms with E-state index in [0.717, 1.165) is 18.4 Å². The number of nitrogens with zero attached hydrogens (tertiary/aromatic N) is 2. The topological polar surface area (TPSA) is 103 Å². The molecular formula is C20H23N5O3. The van der Waals surface area contributed by atoms with Crippen LogP contribution in [-0.2, 0) is 11.3 Å². The summed E-state index contributed by atoms with van der Waals surface area (Å²) in [4.78, 5) is 41.4. The molecule has 0 spiro atoms. The molecule has 3 N–H and O–H groups in total. The summed E-state index contributed by atoms with van der Waals surface area (Å²) in [6, 6.07) is 10.2. The summed E-state index contributed by atoms with van der Waals surface area (Å²) >= 11 is 0. The van der Waals surface area contributed by atoms with Crippen molar-refractivity contribution in [1.82, 2.24) is 15.2 Å². The van der Waals surface area contributed by atoms with Crippen LogP contribution >= 0.6 is 0 Å². The first-order chi connectivity index (χ1) is 13.4. The van der Waals surface area contributed by atoms with Crippen LogP contribution in [0.3, 0.4) is 0 Å². The van der Waals surface area contributed by atoms with Crippen LogP contribution in [0.5, 0.6) is 0 Å². The van der Waals surface area contributed by atoms with Gasteiger partial charge < -0.3 is 20.9 Å². The highest BCUT2D eigenvalue weighted by atomic mass is 16.2. The van der Waals surface area contributed by atoms with Crippen molar-refractivity contribution in [2.75, 3.05) is 24.7 Å². The van der Waals surface area contributed by atoms with Crippen molar-refractivity contribution in [3.63, 3.8) is 0 Å². The van der Waals surface area contributed by atoms with E-state index in [1.54, 1.807) is 38.4 Å². The molecule has 0 saturated heterocycles. The Morgan fingerprint density at radius 1 is 1.07 bits per heavy atom. The quantitative estimate of drug-likeness (QED) is 0.715. The average molecular weight is 381 g/mol. The SMILES string of the molecule is CN(C)C(=O)Nc1ccc(CNC(=O)c2ccnc(NC(=O)C3CC3)c2)cc1. The van der Waals surface area contributed by atoms with Crippen molar-refractivity contribution in [2.45, 2.75) is 19.4 Å². The molecule has 1 saturated carbocycles. The van der Waals surface area contributed by atoms with Gasteiger partial charge in [-0.15, -0.1) is 0 Å². The lowest BCUT2D eigenvalue weighted by Crippen LogP contribution is -2.27. The number of hydrogen-bond donors (Lipinski definition) is 3. The number of urea groups is 1. The second-order valence-electron chi connectivity index (χ2n) is 6.90. The molecule has 4 amide bonds. The smallest absolute Gasteiger partial charge is 0.321 e. The van der Waals surface area contributed by atoms with Gasteiger partial charge in [0.1, 0.15) is 5.82 Å². The fourth-order valence-corrected chi connectivity index (χ4v) is 2.44. The van der Waals surface area contributed by atoms with E-state index < -0.39 is 0 Å². The van der Waals surface area contributed by atoms with E-state index in [9.17, 15) is 14.4 Å². The van der Waals surface area contributed by atoms with Gasteiger partial charge in [-0.2, -0.15) is 0 Å². The van der Waals surface area contributed by atoms with Gasteiger partial charge in [0.2, 0.25) is 5.91 Å². The van der Waals surface area contributed by atoms with Crippen LogP contribution in [0, 0.1) is 5.92 Å². The zero-order chi connectivity index (χ0) is 20.1. The number of carbonyl (C=O) groups excluding carboxylic acids is 3. The maximum Gasteiger partial charge on any atom is 0.321 e. The molecule has 146 valence electrons. The number of anilines is 2. The number of aromatic nitrogens is 1. The largest absolute Gasteiger partial charge is 0.348 e. The molecule has 1 aromatic carbocycles. The van der Waals surface area contributed by atoms with Gasteiger partial charge in [-0.25, -0.2) is 9.78 Å². The number of carbonyl (C=O) groups is 3. The molecule has 1 aliphatic rings.